The maximum absolute atomic E-state index is 11.6. The minimum atomic E-state index is 0.188. The fourth-order valence-corrected chi connectivity index (χ4v) is 1.74. The van der Waals surface area contributed by atoms with E-state index in [1.807, 2.05) is 25.1 Å². The predicted octanol–water partition coefficient (Wildman–Crippen LogP) is 3.39. The summed E-state index contributed by atoms with van der Waals surface area (Å²) < 4.78 is 5.12. The largest absolute Gasteiger partial charge is 0.382 e. The summed E-state index contributed by atoms with van der Waals surface area (Å²) in [5, 5.41) is 0. The lowest BCUT2D eigenvalue weighted by Gasteiger charge is -2.08. The van der Waals surface area contributed by atoms with Crippen LogP contribution in [0.2, 0.25) is 0 Å². The van der Waals surface area contributed by atoms with Gasteiger partial charge < -0.3 is 4.74 Å². The summed E-state index contributed by atoms with van der Waals surface area (Å²) in [5.41, 5.74) is 1.31. The van der Waals surface area contributed by atoms with Crippen LogP contribution in [-0.2, 0) is 16.0 Å². The van der Waals surface area contributed by atoms with Gasteiger partial charge in [0.15, 0.2) is 0 Å². The number of ketones is 1. The summed E-state index contributed by atoms with van der Waals surface area (Å²) in [6.07, 6.45) is 4.29. The van der Waals surface area contributed by atoms with Gasteiger partial charge in [-0.2, -0.15) is 0 Å². The maximum Gasteiger partial charge on any atom is 0.133 e. The third-order valence-electron chi connectivity index (χ3n) is 3.00. The Morgan fingerprint density at radius 3 is 2.59 bits per heavy atom. The molecule has 1 aromatic rings. The van der Waals surface area contributed by atoms with Gasteiger partial charge >= 0.3 is 0 Å². The third-order valence-corrected chi connectivity index (χ3v) is 3.00. The van der Waals surface area contributed by atoms with Gasteiger partial charge in [-0.05, 0) is 31.7 Å². The fraction of sp³-hybridized carbons (Fsp3) is 0.533. The van der Waals surface area contributed by atoms with E-state index in [2.05, 4.69) is 12.1 Å². The molecule has 1 unspecified atom stereocenters. The van der Waals surface area contributed by atoms with Crippen LogP contribution in [-0.4, -0.2) is 19.0 Å². The number of methoxy groups -OCH3 is 1. The normalized spacial score (nSPS) is 12.4. The van der Waals surface area contributed by atoms with Crippen molar-refractivity contribution < 1.29 is 9.53 Å². The Kier molecular flexibility index (Phi) is 6.56. The molecule has 0 aliphatic heterocycles. The van der Waals surface area contributed by atoms with Crippen molar-refractivity contribution in [3.05, 3.63) is 35.9 Å². The van der Waals surface area contributed by atoms with Crippen molar-refractivity contribution in [1.82, 2.24) is 0 Å². The summed E-state index contributed by atoms with van der Waals surface area (Å²) in [4.78, 5) is 11.6. The highest BCUT2D eigenvalue weighted by Crippen LogP contribution is 2.08. The van der Waals surface area contributed by atoms with Crippen molar-refractivity contribution >= 4 is 5.78 Å². The van der Waals surface area contributed by atoms with Crippen LogP contribution in [0.15, 0.2) is 30.3 Å². The SMILES string of the molecule is COC(C)CCC(=O)CCCc1ccccc1. The topological polar surface area (TPSA) is 26.3 Å². The van der Waals surface area contributed by atoms with Crippen LogP contribution in [0.1, 0.15) is 38.2 Å². The molecule has 2 nitrogen and oxygen atoms in total. The number of rotatable bonds is 8. The van der Waals surface area contributed by atoms with Crippen LogP contribution in [0, 0.1) is 0 Å². The summed E-state index contributed by atoms with van der Waals surface area (Å²) in [5.74, 6) is 0.352. The second-order valence-electron chi connectivity index (χ2n) is 4.46. The Labute approximate surface area is 104 Å². The maximum atomic E-state index is 11.6. The molecule has 0 aliphatic rings. The zero-order valence-corrected chi connectivity index (χ0v) is 10.8. The van der Waals surface area contributed by atoms with Crippen molar-refractivity contribution in [2.24, 2.45) is 0 Å². The molecular weight excluding hydrogens is 212 g/mol. The van der Waals surface area contributed by atoms with Gasteiger partial charge in [-0.25, -0.2) is 0 Å². The van der Waals surface area contributed by atoms with Gasteiger partial charge in [0.1, 0.15) is 5.78 Å². The Balaban J connectivity index is 2.12. The number of carbonyl (C=O) groups is 1. The minimum Gasteiger partial charge on any atom is -0.382 e. The molecule has 94 valence electrons. The number of hydrogen-bond acceptors (Lipinski definition) is 2. The van der Waals surface area contributed by atoms with E-state index >= 15 is 0 Å². The number of carbonyl (C=O) groups excluding carboxylic acids is 1. The van der Waals surface area contributed by atoms with Crippen LogP contribution in [0.3, 0.4) is 0 Å². The molecule has 0 spiro atoms. The molecule has 17 heavy (non-hydrogen) atoms. The molecule has 2 heteroatoms. The Bertz CT molecular complexity index is 319. The van der Waals surface area contributed by atoms with Gasteiger partial charge in [-0.3, -0.25) is 4.79 Å². The van der Waals surface area contributed by atoms with E-state index in [1.165, 1.54) is 5.56 Å². The molecule has 0 radical (unpaired) electrons. The van der Waals surface area contributed by atoms with E-state index in [4.69, 9.17) is 4.74 Å². The smallest absolute Gasteiger partial charge is 0.133 e. The van der Waals surface area contributed by atoms with Crippen LogP contribution < -0.4 is 0 Å². The average molecular weight is 234 g/mol. The second-order valence-corrected chi connectivity index (χ2v) is 4.46. The zero-order valence-electron chi connectivity index (χ0n) is 10.8. The van der Waals surface area contributed by atoms with Crippen molar-refractivity contribution in [3.8, 4) is 0 Å². The van der Waals surface area contributed by atoms with Gasteiger partial charge in [-0.1, -0.05) is 30.3 Å². The lowest BCUT2D eigenvalue weighted by molar-refractivity contribution is -0.119. The van der Waals surface area contributed by atoms with Gasteiger partial charge in [0.25, 0.3) is 0 Å². The molecule has 0 saturated heterocycles. The molecule has 0 N–H and O–H groups in total. The molecule has 0 amide bonds. The Morgan fingerprint density at radius 1 is 1.24 bits per heavy atom. The van der Waals surface area contributed by atoms with E-state index in [9.17, 15) is 4.79 Å². The van der Waals surface area contributed by atoms with E-state index in [0.29, 0.717) is 18.6 Å². The Morgan fingerprint density at radius 2 is 1.94 bits per heavy atom. The van der Waals surface area contributed by atoms with Crippen molar-refractivity contribution in [2.75, 3.05) is 7.11 Å². The second kappa shape index (κ2) is 8.02. The van der Waals surface area contributed by atoms with Gasteiger partial charge in [-0.15, -0.1) is 0 Å². The monoisotopic (exact) mass is 234 g/mol. The molecular formula is C15H22O2. The van der Waals surface area contributed by atoms with E-state index < -0.39 is 0 Å². The zero-order chi connectivity index (χ0) is 12.5. The van der Waals surface area contributed by atoms with Crippen LogP contribution >= 0.6 is 0 Å². The van der Waals surface area contributed by atoms with Crippen LogP contribution in [0.4, 0.5) is 0 Å². The van der Waals surface area contributed by atoms with Crippen LogP contribution in [0.25, 0.3) is 0 Å². The number of aryl methyl sites for hydroxylation is 1. The first-order valence-electron chi connectivity index (χ1n) is 6.31. The summed E-state index contributed by atoms with van der Waals surface area (Å²) >= 11 is 0. The summed E-state index contributed by atoms with van der Waals surface area (Å²) in [6.45, 7) is 2.00. The number of Topliss-reactive ketones (excluding diaryl/α,β-unsaturated/α-hetero) is 1. The molecule has 0 bridgehead atoms. The van der Waals surface area contributed by atoms with Crippen molar-refractivity contribution in [2.45, 2.75) is 45.1 Å². The van der Waals surface area contributed by atoms with E-state index in [-0.39, 0.29) is 6.10 Å². The number of benzene rings is 1. The average Bonchev–Trinajstić information content (AvgIpc) is 2.37. The molecule has 0 aliphatic carbocycles. The molecule has 1 rings (SSSR count). The van der Waals surface area contributed by atoms with E-state index in [0.717, 1.165) is 19.3 Å². The van der Waals surface area contributed by atoms with Gasteiger partial charge in [0.05, 0.1) is 6.10 Å². The van der Waals surface area contributed by atoms with E-state index in [1.54, 1.807) is 7.11 Å². The Hall–Kier alpha value is -1.15. The quantitative estimate of drug-likeness (QED) is 0.689. The molecule has 0 aromatic heterocycles. The van der Waals surface area contributed by atoms with Gasteiger partial charge in [0, 0.05) is 20.0 Å². The predicted molar refractivity (Wildman–Crippen MR) is 70.1 cm³/mol. The third kappa shape index (κ3) is 6.22. The highest BCUT2D eigenvalue weighted by Gasteiger charge is 2.05. The first kappa shape index (κ1) is 13.9. The first-order chi connectivity index (χ1) is 8.22. The molecule has 1 atom stereocenters. The highest BCUT2D eigenvalue weighted by molar-refractivity contribution is 5.78. The molecule has 0 fully saturated rings. The lowest BCUT2D eigenvalue weighted by atomic mass is 10.0. The molecule has 1 aromatic carbocycles. The fourth-order valence-electron chi connectivity index (χ4n) is 1.74. The number of hydrogen-bond donors (Lipinski definition) is 0. The lowest BCUT2D eigenvalue weighted by Crippen LogP contribution is -2.08. The van der Waals surface area contributed by atoms with Crippen LogP contribution in [0.5, 0.6) is 0 Å². The minimum absolute atomic E-state index is 0.188. The highest BCUT2D eigenvalue weighted by atomic mass is 16.5. The van der Waals surface area contributed by atoms with Gasteiger partial charge in [0.2, 0.25) is 0 Å². The summed E-state index contributed by atoms with van der Waals surface area (Å²) in [6, 6.07) is 10.3. The standard InChI is InChI=1S/C15H22O2/c1-13(17-2)11-12-15(16)10-6-9-14-7-4-3-5-8-14/h3-5,7-8,13H,6,9-12H2,1-2H3. The molecule has 0 saturated carbocycles. The molecule has 0 heterocycles. The summed E-state index contributed by atoms with van der Waals surface area (Å²) in [7, 11) is 1.69. The first-order valence-corrected chi connectivity index (χ1v) is 6.31. The number of ether oxygens (including phenoxy) is 1. The van der Waals surface area contributed by atoms with Crippen molar-refractivity contribution in [3.63, 3.8) is 0 Å². The van der Waals surface area contributed by atoms with Crippen molar-refractivity contribution in [1.29, 1.82) is 0 Å².